The van der Waals surface area contributed by atoms with Crippen molar-refractivity contribution < 1.29 is 9.53 Å². The molecule has 0 unspecified atom stereocenters. The molecule has 0 N–H and O–H groups in total. The van der Waals surface area contributed by atoms with Crippen molar-refractivity contribution in [1.29, 1.82) is 0 Å². The summed E-state index contributed by atoms with van der Waals surface area (Å²) in [4.78, 5) is 11.5. The van der Waals surface area contributed by atoms with Gasteiger partial charge in [0.1, 0.15) is 5.60 Å². The summed E-state index contributed by atoms with van der Waals surface area (Å²) in [6, 6.07) is 0. The lowest BCUT2D eigenvalue weighted by molar-refractivity contribution is -0.154. The van der Waals surface area contributed by atoms with E-state index in [1.54, 1.807) is 0 Å². The molecule has 0 saturated heterocycles. The van der Waals surface area contributed by atoms with Crippen molar-refractivity contribution in [3.8, 4) is 0 Å². The Bertz CT molecular complexity index is 287. The Kier molecular flexibility index (Phi) is 13.3. The molecule has 0 aliphatic heterocycles. The summed E-state index contributed by atoms with van der Waals surface area (Å²) < 4.78 is 5.28. The van der Waals surface area contributed by atoms with Crippen molar-refractivity contribution >= 4 is 5.97 Å². The molecule has 0 amide bonds. The van der Waals surface area contributed by atoms with Crippen molar-refractivity contribution in [2.45, 2.75) is 110 Å². The molecule has 0 fully saturated rings. The summed E-state index contributed by atoms with van der Waals surface area (Å²) in [7, 11) is 0. The van der Waals surface area contributed by atoms with E-state index in [9.17, 15) is 4.79 Å². The molecular weight excluding hydrogens is 272 g/mol. The molecule has 0 aromatic carbocycles. The molecular formula is C20H38O2. The molecule has 0 radical (unpaired) electrons. The van der Waals surface area contributed by atoms with Crippen LogP contribution in [0, 0.1) is 0 Å². The van der Waals surface area contributed by atoms with Crippen molar-refractivity contribution in [2.75, 3.05) is 0 Å². The molecule has 0 aliphatic rings. The van der Waals surface area contributed by atoms with Crippen LogP contribution < -0.4 is 0 Å². The van der Waals surface area contributed by atoms with Gasteiger partial charge >= 0.3 is 5.97 Å². The maximum Gasteiger partial charge on any atom is 0.306 e. The third-order valence-corrected chi connectivity index (χ3v) is 3.56. The quantitative estimate of drug-likeness (QED) is 0.218. The fourth-order valence-corrected chi connectivity index (χ4v) is 2.39. The van der Waals surface area contributed by atoms with Crippen LogP contribution in [-0.2, 0) is 9.53 Å². The Morgan fingerprint density at radius 1 is 0.818 bits per heavy atom. The van der Waals surface area contributed by atoms with Gasteiger partial charge in [0.2, 0.25) is 0 Å². The van der Waals surface area contributed by atoms with Crippen molar-refractivity contribution in [3.05, 3.63) is 12.2 Å². The van der Waals surface area contributed by atoms with Gasteiger partial charge in [-0.05, 0) is 46.5 Å². The Morgan fingerprint density at radius 3 is 1.86 bits per heavy atom. The van der Waals surface area contributed by atoms with Gasteiger partial charge in [0, 0.05) is 6.42 Å². The van der Waals surface area contributed by atoms with E-state index in [4.69, 9.17) is 4.74 Å². The maximum atomic E-state index is 11.5. The molecule has 0 spiro atoms. The minimum Gasteiger partial charge on any atom is -0.460 e. The molecule has 2 nitrogen and oxygen atoms in total. The Morgan fingerprint density at radius 2 is 1.32 bits per heavy atom. The average molecular weight is 311 g/mol. The van der Waals surface area contributed by atoms with E-state index in [0.29, 0.717) is 6.42 Å². The van der Waals surface area contributed by atoms with Crippen LogP contribution in [0.15, 0.2) is 12.2 Å². The van der Waals surface area contributed by atoms with Crippen LogP contribution in [0.5, 0.6) is 0 Å². The number of esters is 1. The highest BCUT2D eigenvalue weighted by molar-refractivity contribution is 5.69. The van der Waals surface area contributed by atoms with E-state index < -0.39 is 0 Å². The highest BCUT2D eigenvalue weighted by Gasteiger charge is 2.15. The van der Waals surface area contributed by atoms with Gasteiger partial charge in [-0.1, -0.05) is 64.0 Å². The molecule has 0 aliphatic carbocycles. The Balaban J connectivity index is 3.29. The molecule has 0 bridgehead atoms. The van der Waals surface area contributed by atoms with Crippen molar-refractivity contribution in [3.63, 3.8) is 0 Å². The van der Waals surface area contributed by atoms with Gasteiger partial charge < -0.3 is 4.74 Å². The normalized spacial score (nSPS) is 12.0. The average Bonchev–Trinajstić information content (AvgIpc) is 2.42. The Labute approximate surface area is 138 Å². The highest BCUT2D eigenvalue weighted by Crippen LogP contribution is 2.11. The number of carbonyl (C=O) groups is 1. The lowest BCUT2D eigenvalue weighted by atomic mass is 10.1. The first-order valence-corrected chi connectivity index (χ1v) is 9.32. The lowest BCUT2D eigenvalue weighted by Crippen LogP contribution is -2.23. The van der Waals surface area contributed by atoms with Crippen LogP contribution in [0.3, 0.4) is 0 Å². The minimum atomic E-state index is -0.358. The zero-order chi connectivity index (χ0) is 16.7. The number of hydrogen-bond acceptors (Lipinski definition) is 2. The van der Waals surface area contributed by atoms with Gasteiger partial charge in [0.05, 0.1) is 0 Å². The zero-order valence-corrected chi connectivity index (χ0v) is 15.5. The molecule has 0 aromatic heterocycles. The van der Waals surface area contributed by atoms with Gasteiger partial charge in [0.15, 0.2) is 0 Å². The largest absolute Gasteiger partial charge is 0.460 e. The smallest absolute Gasteiger partial charge is 0.306 e. The van der Waals surface area contributed by atoms with Crippen LogP contribution >= 0.6 is 0 Å². The third kappa shape index (κ3) is 17.3. The monoisotopic (exact) mass is 310 g/mol. The van der Waals surface area contributed by atoms with Crippen molar-refractivity contribution in [2.24, 2.45) is 0 Å². The standard InChI is InChI=1S/C20H38O2/c1-5-6-7-8-9-10-11-12-13-14-15-16-17-18-19(21)22-20(2,3)4/h14-15H,5-13,16-18H2,1-4H3/b15-14-. The number of allylic oxidation sites excluding steroid dienone is 2. The van der Waals surface area contributed by atoms with E-state index in [0.717, 1.165) is 12.8 Å². The van der Waals surface area contributed by atoms with Crippen LogP contribution in [0.1, 0.15) is 105 Å². The van der Waals surface area contributed by atoms with Crippen molar-refractivity contribution in [1.82, 2.24) is 0 Å². The van der Waals surface area contributed by atoms with Crippen LogP contribution in [0.25, 0.3) is 0 Å². The Hall–Kier alpha value is -0.790. The SMILES string of the molecule is CCCCCCCCCC/C=C\CCCC(=O)OC(C)(C)C. The third-order valence-electron chi connectivity index (χ3n) is 3.56. The zero-order valence-electron chi connectivity index (χ0n) is 15.5. The number of hydrogen-bond donors (Lipinski definition) is 0. The van der Waals surface area contributed by atoms with Crippen LogP contribution in [-0.4, -0.2) is 11.6 Å². The van der Waals surface area contributed by atoms with Crippen LogP contribution in [0.2, 0.25) is 0 Å². The molecule has 0 rings (SSSR count). The summed E-state index contributed by atoms with van der Waals surface area (Å²) in [5.74, 6) is -0.0797. The molecule has 22 heavy (non-hydrogen) atoms. The molecule has 0 saturated carbocycles. The lowest BCUT2D eigenvalue weighted by Gasteiger charge is -2.19. The summed E-state index contributed by atoms with van der Waals surface area (Å²) in [5, 5.41) is 0. The van der Waals surface area contributed by atoms with E-state index in [-0.39, 0.29) is 11.6 Å². The number of ether oxygens (including phenoxy) is 1. The minimum absolute atomic E-state index is 0.0797. The van der Waals surface area contributed by atoms with Gasteiger partial charge in [0.25, 0.3) is 0 Å². The fourth-order valence-electron chi connectivity index (χ4n) is 2.39. The van der Waals surface area contributed by atoms with Gasteiger partial charge in [-0.15, -0.1) is 0 Å². The predicted octanol–water partition coefficient (Wildman–Crippen LogP) is 6.59. The second-order valence-electron chi connectivity index (χ2n) is 7.21. The summed E-state index contributed by atoms with van der Waals surface area (Å²) >= 11 is 0. The van der Waals surface area contributed by atoms with Crippen LogP contribution in [0.4, 0.5) is 0 Å². The second kappa shape index (κ2) is 13.8. The molecule has 0 heterocycles. The fraction of sp³-hybridized carbons (Fsp3) is 0.850. The number of unbranched alkanes of at least 4 members (excludes halogenated alkanes) is 9. The van der Waals surface area contributed by atoms with Gasteiger partial charge in [-0.3, -0.25) is 4.79 Å². The van der Waals surface area contributed by atoms with Gasteiger partial charge in [-0.25, -0.2) is 0 Å². The molecule has 0 atom stereocenters. The van der Waals surface area contributed by atoms with Gasteiger partial charge in [-0.2, -0.15) is 0 Å². The van der Waals surface area contributed by atoms with E-state index >= 15 is 0 Å². The molecule has 130 valence electrons. The first kappa shape index (κ1) is 21.2. The molecule has 2 heteroatoms. The first-order valence-electron chi connectivity index (χ1n) is 9.32. The number of carbonyl (C=O) groups excluding carboxylic acids is 1. The maximum absolute atomic E-state index is 11.5. The topological polar surface area (TPSA) is 26.3 Å². The predicted molar refractivity (Wildman–Crippen MR) is 96.1 cm³/mol. The molecule has 0 aromatic rings. The second-order valence-corrected chi connectivity index (χ2v) is 7.21. The number of rotatable bonds is 13. The summed E-state index contributed by atoms with van der Waals surface area (Å²) in [5.41, 5.74) is -0.358. The van der Waals surface area contributed by atoms with E-state index in [1.807, 2.05) is 20.8 Å². The van der Waals surface area contributed by atoms with E-state index in [2.05, 4.69) is 19.1 Å². The summed E-state index contributed by atoms with van der Waals surface area (Å²) in [6.45, 7) is 8.00. The van der Waals surface area contributed by atoms with E-state index in [1.165, 1.54) is 57.8 Å². The first-order chi connectivity index (χ1) is 10.5. The highest BCUT2D eigenvalue weighted by atomic mass is 16.6. The summed E-state index contributed by atoms with van der Waals surface area (Å²) in [6.07, 6.45) is 19.1.